The summed E-state index contributed by atoms with van der Waals surface area (Å²) < 4.78 is 5.00. The smallest absolute Gasteiger partial charge is 0.308 e. The van der Waals surface area contributed by atoms with Crippen molar-refractivity contribution in [1.82, 2.24) is 5.32 Å². The van der Waals surface area contributed by atoms with Crippen LogP contribution in [0.3, 0.4) is 0 Å². The molecule has 0 aliphatic heterocycles. The van der Waals surface area contributed by atoms with E-state index in [-0.39, 0.29) is 17.2 Å². The lowest BCUT2D eigenvalue weighted by atomic mass is 9.96. The monoisotopic (exact) mass is 394 g/mol. The lowest BCUT2D eigenvalue weighted by Gasteiger charge is -2.11. The number of anilines is 1. The van der Waals surface area contributed by atoms with Crippen molar-refractivity contribution in [2.24, 2.45) is 5.41 Å². The van der Waals surface area contributed by atoms with Gasteiger partial charge in [0, 0.05) is 24.7 Å². The van der Waals surface area contributed by atoms with E-state index >= 15 is 0 Å². The quantitative estimate of drug-likeness (QED) is 0.439. The Balaban J connectivity index is 1.99. The SMILES string of the molecule is CC(=O)Oc1cccc(C(=O)Nc2cccc(CNC(=O)/C=C/C(C)(C)C)c2)c1. The molecular formula is C23H26N2O4. The summed E-state index contributed by atoms with van der Waals surface area (Å²) in [5.41, 5.74) is 1.77. The third-order valence-electron chi connectivity index (χ3n) is 3.74. The van der Waals surface area contributed by atoms with Gasteiger partial charge in [0.2, 0.25) is 5.91 Å². The van der Waals surface area contributed by atoms with Gasteiger partial charge in [-0.2, -0.15) is 0 Å². The third-order valence-corrected chi connectivity index (χ3v) is 3.74. The van der Waals surface area contributed by atoms with Gasteiger partial charge in [0.05, 0.1) is 0 Å². The van der Waals surface area contributed by atoms with Crippen molar-refractivity contribution in [2.75, 3.05) is 5.32 Å². The first kappa shape index (κ1) is 21.9. The highest BCUT2D eigenvalue weighted by atomic mass is 16.5. The minimum Gasteiger partial charge on any atom is -0.427 e. The lowest BCUT2D eigenvalue weighted by molar-refractivity contribution is -0.131. The van der Waals surface area contributed by atoms with Crippen LogP contribution in [0.2, 0.25) is 0 Å². The lowest BCUT2D eigenvalue weighted by Crippen LogP contribution is -2.21. The molecule has 0 aliphatic carbocycles. The Hall–Kier alpha value is -3.41. The first-order valence-corrected chi connectivity index (χ1v) is 9.28. The van der Waals surface area contributed by atoms with Gasteiger partial charge in [-0.25, -0.2) is 0 Å². The minimum atomic E-state index is -0.449. The summed E-state index contributed by atoms with van der Waals surface area (Å²) >= 11 is 0. The topological polar surface area (TPSA) is 84.5 Å². The fraction of sp³-hybridized carbons (Fsp3) is 0.261. The van der Waals surface area contributed by atoms with Crippen molar-refractivity contribution in [1.29, 1.82) is 0 Å². The molecule has 0 saturated carbocycles. The van der Waals surface area contributed by atoms with E-state index < -0.39 is 5.97 Å². The maximum atomic E-state index is 12.5. The zero-order valence-electron chi connectivity index (χ0n) is 17.1. The van der Waals surface area contributed by atoms with Crippen molar-refractivity contribution in [2.45, 2.75) is 34.2 Å². The summed E-state index contributed by atoms with van der Waals surface area (Å²) in [7, 11) is 0. The molecule has 0 bridgehead atoms. The number of hydrogen-bond donors (Lipinski definition) is 2. The molecule has 0 radical (unpaired) electrons. The van der Waals surface area contributed by atoms with Crippen molar-refractivity contribution < 1.29 is 19.1 Å². The molecule has 0 heterocycles. The summed E-state index contributed by atoms with van der Waals surface area (Å²) in [5, 5.41) is 5.63. The fourth-order valence-electron chi connectivity index (χ4n) is 2.40. The molecule has 0 saturated heterocycles. The molecule has 0 fully saturated rings. The molecule has 2 rings (SSSR count). The Kier molecular flexibility index (Phi) is 7.31. The summed E-state index contributed by atoms with van der Waals surface area (Å²) in [6, 6.07) is 13.6. The van der Waals surface area contributed by atoms with E-state index in [1.807, 2.05) is 32.9 Å². The van der Waals surface area contributed by atoms with Crippen molar-refractivity contribution in [3.63, 3.8) is 0 Å². The van der Waals surface area contributed by atoms with Crippen LogP contribution in [0.25, 0.3) is 0 Å². The van der Waals surface area contributed by atoms with Gasteiger partial charge in [0.25, 0.3) is 5.91 Å². The summed E-state index contributed by atoms with van der Waals surface area (Å²) in [6.45, 7) is 7.70. The van der Waals surface area contributed by atoms with Gasteiger partial charge in [-0.05, 0) is 47.4 Å². The van der Waals surface area contributed by atoms with Crippen LogP contribution in [0.15, 0.2) is 60.7 Å². The fourth-order valence-corrected chi connectivity index (χ4v) is 2.40. The molecule has 29 heavy (non-hydrogen) atoms. The van der Waals surface area contributed by atoms with E-state index in [1.54, 1.807) is 36.4 Å². The standard InChI is InChI=1S/C23H26N2O4/c1-16(26)29-20-10-6-8-18(14-20)22(28)25-19-9-5-7-17(13-19)15-24-21(27)11-12-23(2,3)4/h5-14H,15H2,1-4H3,(H,24,27)(H,25,28)/b12-11+. The van der Waals surface area contributed by atoms with Crippen molar-refractivity contribution in [3.8, 4) is 5.75 Å². The van der Waals surface area contributed by atoms with Crippen LogP contribution in [-0.4, -0.2) is 17.8 Å². The molecule has 2 amide bonds. The molecule has 0 unspecified atom stereocenters. The Labute approximate surface area is 171 Å². The molecule has 6 heteroatoms. The molecule has 2 N–H and O–H groups in total. The van der Waals surface area contributed by atoms with E-state index in [9.17, 15) is 14.4 Å². The Bertz CT molecular complexity index is 926. The van der Waals surface area contributed by atoms with Crippen LogP contribution >= 0.6 is 0 Å². The number of hydrogen-bond acceptors (Lipinski definition) is 4. The van der Waals surface area contributed by atoms with Gasteiger partial charge in [0.1, 0.15) is 5.75 Å². The second-order valence-corrected chi connectivity index (χ2v) is 7.69. The molecule has 0 spiro atoms. The summed E-state index contributed by atoms with van der Waals surface area (Å²) in [4.78, 5) is 35.5. The van der Waals surface area contributed by atoms with Crippen LogP contribution < -0.4 is 15.4 Å². The number of benzene rings is 2. The number of allylic oxidation sites excluding steroid dienone is 1. The van der Waals surface area contributed by atoms with Gasteiger partial charge in [-0.15, -0.1) is 0 Å². The number of rotatable bonds is 6. The van der Waals surface area contributed by atoms with Crippen LogP contribution in [0, 0.1) is 5.41 Å². The zero-order valence-corrected chi connectivity index (χ0v) is 17.1. The maximum Gasteiger partial charge on any atom is 0.308 e. The molecule has 0 atom stereocenters. The van der Waals surface area contributed by atoms with E-state index in [2.05, 4.69) is 10.6 Å². The number of carbonyl (C=O) groups is 3. The van der Waals surface area contributed by atoms with Crippen LogP contribution in [-0.2, 0) is 16.1 Å². The predicted molar refractivity (Wildman–Crippen MR) is 113 cm³/mol. The second kappa shape index (κ2) is 9.68. The van der Waals surface area contributed by atoms with Crippen molar-refractivity contribution >= 4 is 23.5 Å². The normalized spacial score (nSPS) is 11.2. The van der Waals surface area contributed by atoms with Crippen LogP contribution in [0.5, 0.6) is 5.75 Å². The summed E-state index contributed by atoms with van der Waals surface area (Å²) in [5.74, 6) is -0.635. The number of carbonyl (C=O) groups excluding carboxylic acids is 3. The Morgan fingerprint density at radius 3 is 2.45 bits per heavy atom. The molecule has 152 valence electrons. The molecule has 2 aromatic rings. The van der Waals surface area contributed by atoms with E-state index in [0.717, 1.165) is 5.56 Å². The van der Waals surface area contributed by atoms with Crippen molar-refractivity contribution in [3.05, 3.63) is 71.8 Å². The number of esters is 1. The number of nitrogens with one attached hydrogen (secondary N) is 2. The molecular weight excluding hydrogens is 368 g/mol. The number of amides is 2. The van der Waals surface area contributed by atoms with Crippen LogP contribution in [0.1, 0.15) is 43.6 Å². The third kappa shape index (κ3) is 8.01. The minimum absolute atomic E-state index is 0.0612. The summed E-state index contributed by atoms with van der Waals surface area (Å²) in [6.07, 6.45) is 3.38. The first-order chi connectivity index (χ1) is 13.6. The van der Waals surface area contributed by atoms with E-state index in [1.165, 1.54) is 19.1 Å². The van der Waals surface area contributed by atoms with E-state index in [4.69, 9.17) is 4.74 Å². The van der Waals surface area contributed by atoms with Crippen LogP contribution in [0.4, 0.5) is 5.69 Å². The molecule has 0 aromatic heterocycles. The number of ether oxygens (including phenoxy) is 1. The largest absolute Gasteiger partial charge is 0.427 e. The van der Waals surface area contributed by atoms with E-state index in [0.29, 0.717) is 23.5 Å². The maximum absolute atomic E-state index is 12.5. The molecule has 6 nitrogen and oxygen atoms in total. The average molecular weight is 394 g/mol. The highest BCUT2D eigenvalue weighted by Gasteiger charge is 2.09. The Morgan fingerprint density at radius 1 is 1.03 bits per heavy atom. The van der Waals surface area contributed by atoms with Gasteiger partial charge in [-0.3, -0.25) is 14.4 Å². The molecule has 2 aromatic carbocycles. The highest BCUT2D eigenvalue weighted by Crippen LogP contribution is 2.17. The van der Waals surface area contributed by atoms with Gasteiger partial charge >= 0.3 is 5.97 Å². The first-order valence-electron chi connectivity index (χ1n) is 9.28. The predicted octanol–water partition coefficient (Wildman–Crippen LogP) is 4.08. The second-order valence-electron chi connectivity index (χ2n) is 7.69. The van der Waals surface area contributed by atoms with Gasteiger partial charge in [0.15, 0.2) is 0 Å². The zero-order chi connectivity index (χ0) is 21.4. The highest BCUT2D eigenvalue weighted by molar-refractivity contribution is 6.04. The average Bonchev–Trinajstić information content (AvgIpc) is 2.64. The van der Waals surface area contributed by atoms with Gasteiger partial charge < -0.3 is 15.4 Å². The van der Waals surface area contributed by atoms with Gasteiger partial charge in [-0.1, -0.05) is 45.0 Å². The molecule has 0 aliphatic rings. The Morgan fingerprint density at radius 2 is 1.76 bits per heavy atom.